The van der Waals surface area contributed by atoms with Crippen molar-refractivity contribution < 1.29 is 0 Å². The zero-order chi connectivity index (χ0) is 44.1. The van der Waals surface area contributed by atoms with Crippen molar-refractivity contribution in [2.45, 2.75) is 0 Å². The van der Waals surface area contributed by atoms with Crippen LogP contribution in [0.4, 0.5) is 0 Å². The Morgan fingerprint density at radius 1 is 0.403 bits per heavy atom. The molecule has 19 heteroatoms. The van der Waals surface area contributed by atoms with Gasteiger partial charge in [-0.15, -0.1) is 27.7 Å². The molecule has 3 nitrogen and oxygen atoms in total. The Labute approximate surface area is 381 Å². The maximum absolute atomic E-state index is 11.0. The molecule has 0 aliphatic rings. The van der Waals surface area contributed by atoms with Gasteiger partial charge in [0.05, 0.1) is 17.3 Å². The highest BCUT2D eigenvalue weighted by Crippen LogP contribution is 2.44. The standard InChI is InChI=1S/C43H40B15N3S/c44-23-19-20-24(45)28(49)32(53)35(56)41(20)61(40(19)34(55)31(52)27(23)48)42-26(47)22-21-25(46)29(50)30(51)33(54)38(21)60(39(22)36(57)37(42)58)16-9-3-5-12(11-59)18(16)15-8-4-7-14-13-6-1-2-10-17(13)62-43(14)15/h1-10H,44-58H2. The van der Waals surface area contributed by atoms with Crippen LogP contribution in [0.1, 0.15) is 5.56 Å². The minimum atomic E-state index is 0.682. The van der Waals surface area contributed by atoms with Gasteiger partial charge in [0.25, 0.3) is 0 Å². The SMILES string of the molecule is Bc1c(B)c(B)c2c(c1B)c1c(B)c(-n3c4c(B)c(B)c(B)c(B)c4c4c(B)c(B)c(B)c(B)c43)c(B)c(B)c1n2-c1cccc(C#N)c1-c1cccc2c1sc1ccccc12. The molecule has 0 saturated carbocycles. The zero-order valence-electron chi connectivity index (χ0n) is 39.0. The molecule has 0 N–H and O–H groups in total. The summed E-state index contributed by atoms with van der Waals surface area (Å²) in [7, 11) is 34.9. The van der Waals surface area contributed by atoms with Crippen molar-refractivity contribution in [2.24, 2.45) is 0 Å². The highest BCUT2D eigenvalue weighted by Gasteiger charge is 2.30. The summed E-state index contributed by atoms with van der Waals surface area (Å²) in [6.07, 6.45) is 0. The van der Waals surface area contributed by atoms with Gasteiger partial charge in [0.15, 0.2) is 0 Å². The first-order valence-corrected chi connectivity index (χ1v) is 22.9. The lowest BCUT2D eigenvalue weighted by atomic mass is 9.63. The summed E-state index contributed by atoms with van der Waals surface area (Å²) in [5.41, 5.74) is 30.2. The van der Waals surface area contributed by atoms with Crippen molar-refractivity contribution in [3.8, 4) is 28.6 Å². The van der Waals surface area contributed by atoms with Gasteiger partial charge in [0, 0.05) is 64.4 Å². The molecular formula is C43H40B15N3S. The van der Waals surface area contributed by atoms with Crippen LogP contribution in [0.5, 0.6) is 0 Å². The van der Waals surface area contributed by atoms with Crippen LogP contribution >= 0.6 is 11.3 Å². The topological polar surface area (TPSA) is 33.6 Å². The summed E-state index contributed by atoms with van der Waals surface area (Å²) in [6.45, 7) is 0. The Morgan fingerprint density at radius 3 is 1.37 bits per heavy atom. The number of benzene rings is 7. The van der Waals surface area contributed by atoms with Crippen molar-refractivity contribution in [1.29, 1.82) is 5.26 Å². The molecule has 62 heavy (non-hydrogen) atoms. The maximum Gasteiger partial charge on any atom is 0.142 e. The maximum atomic E-state index is 11.0. The Morgan fingerprint density at radius 2 is 0.839 bits per heavy atom. The third-order valence-electron chi connectivity index (χ3n) is 15.9. The number of hydrogen-bond acceptors (Lipinski definition) is 2. The van der Waals surface area contributed by atoms with E-state index in [0.717, 1.165) is 16.8 Å². The largest absolute Gasteiger partial charge is 0.312 e. The van der Waals surface area contributed by atoms with Gasteiger partial charge in [-0.3, -0.25) is 0 Å². The zero-order valence-corrected chi connectivity index (χ0v) is 39.8. The van der Waals surface area contributed by atoms with E-state index in [-0.39, 0.29) is 0 Å². The highest BCUT2D eigenvalue weighted by molar-refractivity contribution is 7.26. The van der Waals surface area contributed by atoms with Crippen LogP contribution in [0.3, 0.4) is 0 Å². The van der Waals surface area contributed by atoms with E-state index < -0.39 is 0 Å². The number of rotatable bonds is 3. The first-order valence-electron chi connectivity index (χ1n) is 22.0. The van der Waals surface area contributed by atoms with Crippen LogP contribution in [0.15, 0.2) is 60.7 Å². The lowest BCUT2D eigenvalue weighted by Crippen LogP contribution is -2.49. The van der Waals surface area contributed by atoms with Crippen LogP contribution in [0, 0.1) is 11.3 Å². The summed E-state index contributed by atoms with van der Waals surface area (Å²) in [6, 6.07) is 24.3. The molecule has 0 fully saturated rings. The van der Waals surface area contributed by atoms with Gasteiger partial charge in [-0.2, -0.15) is 5.26 Å². The number of hydrogen-bond donors (Lipinski definition) is 0. The Bertz CT molecular complexity index is 3710. The van der Waals surface area contributed by atoms with Crippen LogP contribution in [-0.2, 0) is 0 Å². The molecule has 0 aliphatic heterocycles. The number of thiophene rings is 1. The molecular weight excluding hydrogens is 753 g/mol. The van der Waals surface area contributed by atoms with Gasteiger partial charge in [0.1, 0.15) is 118 Å². The highest BCUT2D eigenvalue weighted by atomic mass is 32.1. The van der Waals surface area contributed by atoms with E-state index in [9.17, 15) is 5.26 Å². The Kier molecular flexibility index (Phi) is 9.34. The normalized spacial score (nSPS) is 11.9. The number of nitrogens with zero attached hydrogens (tertiary/aromatic N) is 3. The fraction of sp³-hybridized carbons (Fsp3) is 0. The molecule has 278 valence electrons. The minimum Gasteiger partial charge on any atom is -0.312 e. The van der Waals surface area contributed by atoms with Crippen molar-refractivity contribution >= 4 is 275 Å². The molecule has 0 spiro atoms. The van der Waals surface area contributed by atoms with E-state index in [2.05, 4.69) is 187 Å². The molecule has 3 aromatic heterocycles. The van der Waals surface area contributed by atoms with E-state index in [0.29, 0.717) is 5.56 Å². The molecule has 0 amide bonds. The second-order valence-corrected chi connectivity index (χ2v) is 19.4. The summed E-state index contributed by atoms with van der Waals surface area (Å²) in [4.78, 5) is 0. The fourth-order valence-electron chi connectivity index (χ4n) is 11.4. The summed E-state index contributed by atoms with van der Waals surface area (Å²) in [5, 5.41) is 18.8. The van der Waals surface area contributed by atoms with E-state index in [1.54, 1.807) is 0 Å². The predicted molar refractivity (Wildman–Crippen MR) is 321 cm³/mol. The molecule has 0 bridgehead atoms. The molecule has 0 unspecified atom stereocenters. The molecule has 10 rings (SSSR count). The summed E-state index contributed by atoms with van der Waals surface area (Å²) >= 11 is 1.82. The van der Waals surface area contributed by atoms with Gasteiger partial charge < -0.3 is 9.13 Å². The van der Waals surface area contributed by atoms with Crippen LogP contribution in [0.2, 0.25) is 0 Å². The Balaban J connectivity index is 1.45. The molecule has 0 aliphatic carbocycles. The monoisotopic (exact) mass is 795 g/mol. The van der Waals surface area contributed by atoms with Gasteiger partial charge in [0.2, 0.25) is 0 Å². The second-order valence-electron chi connectivity index (χ2n) is 18.4. The Hall–Kier alpha value is -5.18. The van der Waals surface area contributed by atoms with Crippen molar-refractivity contribution in [2.75, 3.05) is 0 Å². The van der Waals surface area contributed by atoms with Crippen LogP contribution in [-0.4, -0.2) is 127 Å². The number of nitriles is 1. The van der Waals surface area contributed by atoms with E-state index in [1.807, 2.05) is 17.4 Å². The van der Waals surface area contributed by atoms with E-state index in [1.165, 1.54) is 151 Å². The van der Waals surface area contributed by atoms with Crippen LogP contribution in [0.25, 0.3) is 86.3 Å². The predicted octanol–water partition coefficient (Wildman–Crippen LogP) is -14.3. The molecule has 10 aromatic rings. The van der Waals surface area contributed by atoms with E-state index >= 15 is 0 Å². The lowest BCUT2D eigenvalue weighted by Gasteiger charge is -2.24. The van der Waals surface area contributed by atoms with Crippen molar-refractivity contribution in [3.05, 3.63) is 66.2 Å². The molecule has 0 atom stereocenters. The quantitative estimate of drug-likeness (QED) is 0.164. The smallest absolute Gasteiger partial charge is 0.142 e. The third kappa shape index (κ3) is 5.14. The second kappa shape index (κ2) is 14.2. The van der Waals surface area contributed by atoms with Gasteiger partial charge in [-0.1, -0.05) is 108 Å². The van der Waals surface area contributed by atoms with Crippen LogP contribution < -0.4 is 81.9 Å². The van der Waals surface area contributed by atoms with E-state index in [4.69, 9.17) is 0 Å². The molecule has 0 radical (unpaired) electrons. The summed E-state index contributed by atoms with van der Waals surface area (Å²) < 4.78 is 7.70. The third-order valence-corrected chi connectivity index (χ3v) is 17.1. The average Bonchev–Trinajstić information content (AvgIpc) is 3.95. The molecule has 0 saturated heterocycles. The first-order chi connectivity index (χ1) is 29.5. The summed E-state index contributed by atoms with van der Waals surface area (Å²) in [5.74, 6) is 0. The van der Waals surface area contributed by atoms with Gasteiger partial charge in [-0.05, 0) is 34.4 Å². The molecule has 3 heterocycles. The fourth-order valence-corrected chi connectivity index (χ4v) is 12.6. The average molecular weight is 793 g/mol. The van der Waals surface area contributed by atoms with Crippen molar-refractivity contribution in [1.82, 2.24) is 9.13 Å². The van der Waals surface area contributed by atoms with Gasteiger partial charge >= 0.3 is 0 Å². The number of fused-ring (bicyclic) bond motifs is 9. The number of aromatic nitrogens is 2. The minimum absolute atomic E-state index is 0.682. The van der Waals surface area contributed by atoms with Gasteiger partial charge in [-0.25, -0.2) is 0 Å². The molecule has 7 aromatic carbocycles. The lowest BCUT2D eigenvalue weighted by molar-refractivity contribution is 1.19. The van der Waals surface area contributed by atoms with Crippen molar-refractivity contribution in [3.63, 3.8) is 0 Å². The first kappa shape index (κ1) is 40.9.